The number of hydrogen-bond donors (Lipinski definition) is 0. The molecule has 0 aromatic heterocycles. The number of unbranched alkanes of at least 4 members (excludes halogenated alkanes) is 2. The molecular weight excluding hydrogens is 146 g/mol. The first-order valence-corrected chi connectivity index (χ1v) is 5.03. The van der Waals surface area contributed by atoms with Crippen molar-refractivity contribution >= 4 is 0 Å². The minimum atomic E-state index is -0.102. The maximum Gasteiger partial charge on any atom is 0.0683 e. The minimum Gasteiger partial charge on any atom is -0.198 e. The van der Waals surface area contributed by atoms with Crippen molar-refractivity contribution in [1.29, 1.82) is 5.26 Å². The smallest absolute Gasteiger partial charge is 0.0683 e. The molecule has 0 unspecified atom stereocenters. The standard InChI is InChI=1S/C9H17N.C2H6/c1-4-5-6-7-9(2,3)8-10;1-2/h4-7H2,1-3H3;1-2H3. The maximum atomic E-state index is 8.64. The van der Waals surface area contributed by atoms with Crippen LogP contribution in [0.15, 0.2) is 0 Å². The summed E-state index contributed by atoms with van der Waals surface area (Å²) >= 11 is 0. The van der Waals surface area contributed by atoms with Crippen LogP contribution in [0.25, 0.3) is 0 Å². The van der Waals surface area contributed by atoms with Gasteiger partial charge in [-0.25, -0.2) is 0 Å². The zero-order chi connectivity index (χ0) is 10.0. The van der Waals surface area contributed by atoms with Crippen LogP contribution in [0.3, 0.4) is 0 Å². The fraction of sp³-hybridized carbons (Fsp3) is 0.909. The minimum absolute atomic E-state index is 0.102. The lowest BCUT2D eigenvalue weighted by Gasteiger charge is -2.13. The highest BCUT2D eigenvalue weighted by atomic mass is 14.3. The highest BCUT2D eigenvalue weighted by Crippen LogP contribution is 2.21. The molecule has 0 aliphatic heterocycles. The Labute approximate surface area is 77.8 Å². The predicted octanol–water partition coefficient (Wildman–Crippen LogP) is 4.14. The molecule has 0 saturated carbocycles. The normalized spacial score (nSPS) is 9.67. The van der Waals surface area contributed by atoms with Gasteiger partial charge in [0.25, 0.3) is 0 Å². The lowest BCUT2D eigenvalue weighted by Crippen LogP contribution is -2.06. The first kappa shape index (κ1) is 14.0. The Bertz CT molecular complexity index is 119. The van der Waals surface area contributed by atoms with E-state index in [9.17, 15) is 0 Å². The summed E-state index contributed by atoms with van der Waals surface area (Å²) in [6.45, 7) is 10.2. The molecule has 0 aliphatic rings. The van der Waals surface area contributed by atoms with E-state index in [1.54, 1.807) is 0 Å². The Balaban J connectivity index is 0. The van der Waals surface area contributed by atoms with Gasteiger partial charge in [0.1, 0.15) is 0 Å². The van der Waals surface area contributed by atoms with Crippen LogP contribution in [-0.2, 0) is 0 Å². The van der Waals surface area contributed by atoms with Gasteiger partial charge in [-0.1, -0.05) is 40.0 Å². The van der Waals surface area contributed by atoms with E-state index in [-0.39, 0.29) is 5.41 Å². The fourth-order valence-electron chi connectivity index (χ4n) is 0.873. The third-order valence-corrected chi connectivity index (χ3v) is 1.71. The fourth-order valence-corrected chi connectivity index (χ4v) is 0.873. The van der Waals surface area contributed by atoms with E-state index in [4.69, 9.17) is 5.26 Å². The van der Waals surface area contributed by atoms with E-state index >= 15 is 0 Å². The van der Waals surface area contributed by atoms with Gasteiger partial charge in [-0.05, 0) is 20.3 Å². The predicted molar refractivity (Wildman–Crippen MR) is 54.9 cm³/mol. The number of rotatable bonds is 4. The monoisotopic (exact) mass is 169 g/mol. The van der Waals surface area contributed by atoms with Gasteiger partial charge in [0.15, 0.2) is 0 Å². The molecule has 1 nitrogen and oxygen atoms in total. The molecule has 12 heavy (non-hydrogen) atoms. The van der Waals surface area contributed by atoms with Crippen LogP contribution >= 0.6 is 0 Å². The van der Waals surface area contributed by atoms with Crippen molar-refractivity contribution in [1.82, 2.24) is 0 Å². The van der Waals surface area contributed by atoms with Gasteiger partial charge in [-0.15, -0.1) is 0 Å². The molecule has 0 amide bonds. The Morgan fingerprint density at radius 3 is 2.00 bits per heavy atom. The van der Waals surface area contributed by atoms with Crippen molar-refractivity contribution in [2.75, 3.05) is 0 Å². The lowest BCUT2D eigenvalue weighted by atomic mass is 9.89. The molecule has 0 radical (unpaired) electrons. The second-order valence-electron chi connectivity index (χ2n) is 3.45. The second kappa shape index (κ2) is 8.59. The molecule has 0 aliphatic carbocycles. The summed E-state index contributed by atoms with van der Waals surface area (Å²) in [5.74, 6) is 0. The quantitative estimate of drug-likeness (QED) is 0.580. The van der Waals surface area contributed by atoms with Crippen LogP contribution in [0.4, 0.5) is 0 Å². The zero-order valence-electron chi connectivity index (χ0n) is 9.28. The molecule has 0 saturated heterocycles. The van der Waals surface area contributed by atoms with Crippen molar-refractivity contribution in [2.45, 2.75) is 60.3 Å². The van der Waals surface area contributed by atoms with Gasteiger partial charge in [-0.2, -0.15) is 5.26 Å². The first-order valence-electron chi connectivity index (χ1n) is 5.03. The van der Waals surface area contributed by atoms with E-state index in [1.165, 1.54) is 19.3 Å². The molecule has 72 valence electrons. The molecule has 0 bridgehead atoms. The molecule has 0 spiro atoms. The lowest BCUT2D eigenvalue weighted by molar-refractivity contribution is 0.425. The van der Waals surface area contributed by atoms with Gasteiger partial charge < -0.3 is 0 Å². The Hall–Kier alpha value is -0.510. The molecule has 0 aromatic carbocycles. The maximum absolute atomic E-state index is 8.64. The van der Waals surface area contributed by atoms with Crippen LogP contribution in [0.5, 0.6) is 0 Å². The second-order valence-corrected chi connectivity index (χ2v) is 3.45. The Morgan fingerprint density at radius 2 is 1.67 bits per heavy atom. The molecule has 1 heteroatoms. The molecule has 0 aromatic rings. The van der Waals surface area contributed by atoms with E-state index in [0.29, 0.717) is 0 Å². The van der Waals surface area contributed by atoms with Crippen molar-refractivity contribution in [3.8, 4) is 6.07 Å². The van der Waals surface area contributed by atoms with Gasteiger partial charge in [0.05, 0.1) is 11.5 Å². The molecule has 0 heterocycles. The van der Waals surface area contributed by atoms with Gasteiger partial charge in [0.2, 0.25) is 0 Å². The summed E-state index contributed by atoms with van der Waals surface area (Å²) in [7, 11) is 0. The van der Waals surface area contributed by atoms with Crippen molar-refractivity contribution in [3.05, 3.63) is 0 Å². The van der Waals surface area contributed by atoms with Gasteiger partial charge in [0, 0.05) is 0 Å². The van der Waals surface area contributed by atoms with E-state index in [0.717, 1.165) is 6.42 Å². The zero-order valence-corrected chi connectivity index (χ0v) is 9.28. The van der Waals surface area contributed by atoms with Crippen LogP contribution < -0.4 is 0 Å². The van der Waals surface area contributed by atoms with Crippen LogP contribution in [0.1, 0.15) is 60.3 Å². The van der Waals surface area contributed by atoms with Crippen molar-refractivity contribution < 1.29 is 0 Å². The number of nitriles is 1. The van der Waals surface area contributed by atoms with Gasteiger partial charge >= 0.3 is 0 Å². The average Bonchev–Trinajstić information content (AvgIpc) is 2.09. The highest BCUT2D eigenvalue weighted by Gasteiger charge is 2.14. The van der Waals surface area contributed by atoms with E-state index in [2.05, 4.69) is 13.0 Å². The van der Waals surface area contributed by atoms with Crippen LogP contribution in [-0.4, -0.2) is 0 Å². The summed E-state index contributed by atoms with van der Waals surface area (Å²) in [4.78, 5) is 0. The SMILES string of the molecule is CC.CCCCCC(C)(C)C#N. The number of hydrogen-bond acceptors (Lipinski definition) is 1. The van der Waals surface area contributed by atoms with Crippen LogP contribution in [0.2, 0.25) is 0 Å². The molecule has 0 N–H and O–H groups in total. The van der Waals surface area contributed by atoms with Crippen LogP contribution in [0, 0.1) is 16.7 Å². The summed E-state index contributed by atoms with van der Waals surface area (Å²) < 4.78 is 0. The highest BCUT2D eigenvalue weighted by molar-refractivity contribution is 4.91. The third-order valence-electron chi connectivity index (χ3n) is 1.71. The summed E-state index contributed by atoms with van der Waals surface area (Å²) in [6.07, 6.45) is 4.72. The summed E-state index contributed by atoms with van der Waals surface area (Å²) in [5, 5.41) is 8.64. The van der Waals surface area contributed by atoms with E-state index in [1.807, 2.05) is 27.7 Å². The molecule has 0 fully saturated rings. The van der Waals surface area contributed by atoms with E-state index < -0.39 is 0 Å². The summed E-state index contributed by atoms with van der Waals surface area (Å²) in [5.41, 5.74) is -0.102. The molecule has 0 rings (SSSR count). The van der Waals surface area contributed by atoms with Gasteiger partial charge in [-0.3, -0.25) is 0 Å². The van der Waals surface area contributed by atoms with Crippen molar-refractivity contribution in [3.63, 3.8) is 0 Å². The summed E-state index contributed by atoms with van der Waals surface area (Å²) in [6, 6.07) is 2.30. The Morgan fingerprint density at radius 1 is 1.17 bits per heavy atom. The Kier molecular flexibility index (Phi) is 10.0. The molecular formula is C11H23N. The topological polar surface area (TPSA) is 23.8 Å². The molecule has 0 atom stereocenters. The first-order chi connectivity index (χ1) is 5.62. The third kappa shape index (κ3) is 9.49. The number of nitrogens with zero attached hydrogens (tertiary/aromatic N) is 1. The average molecular weight is 169 g/mol. The largest absolute Gasteiger partial charge is 0.198 e. The van der Waals surface area contributed by atoms with Crippen molar-refractivity contribution in [2.24, 2.45) is 5.41 Å².